The van der Waals surface area contributed by atoms with Gasteiger partial charge in [-0.1, -0.05) is 78.3 Å². The number of hydrogen-bond donors (Lipinski definition) is 2. The van der Waals surface area contributed by atoms with Gasteiger partial charge < -0.3 is 10.4 Å². The Kier molecular flexibility index (Phi) is 6.41. The topological polar surface area (TPSA) is 62.2 Å². The number of pyridine rings is 1. The highest BCUT2D eigenvalue weighted by Crippen LogP contribution is 2.30. The first-order valence-electron chi connectivity index (χ1n) is 9.92. The SMILES string of the molecule is O=C(NC(c1ccccc1)C(O)c1ccccc1)c1ccc(-c2ccncc2)cc1Cl. The molecule has 2 atom stereocenters. The molecule has 0 fully saturated rings. The fraction of sp³-hybridized carbons (Fsp3) is 0.0769. The maximum atomic E-state index is 13.1. The van der Waals surface area contributed by atoms with Crippen LogP contribution >= 0.6 is 11.6 Å². The number of rotatable bonds is 6. The lowest BCUT2D eigenvalue weighted by atomic mass is 9.95. The third-order valence-electron chi connectivity index (χ3n) is 5.13. The zero-order valence-electron chi connectivity index (χ0n) is 16.7. The second-order valence-corrected chi connectivity index (χ2v) is 7.56. The van der Waals surface area contributed by atoms with Crippen LogP contribution in [0.1, 0.15) is 33.6 Å². The smallest absolute Gasteiger partial charge is 0.253 e. The second-order valence-electron chi connectivity index (χ2n) is 7.15. The molecule has 0 aliphatic carbocycles. The van der Waals surface area contributed by atoms with Gasteiger partial charge in [0.15, 0.2) is 0 Å². The minimum absolute atomic E-state index is 0.341. The molecule has 1 amide bonds. The van der Waals surface area contributed by atoms with Crippen molar-refractivity contribution in [2.45, 2.75) is 12.1 Å². The molecular weight excluding hydrogens is 408 g/mol. The van der Waals surface area contributed by atoms with Gasteiger partial charge in [-0.05, 0) is 46.5 Å². The highest BCUT2D eigenvalue weighted by molar-refractivity contribution is 6.34. The molecule has 2 unspecified atom stereocenters. The predicted octanol–water partition coefficient (Wildman–Crippen LogP) is 5.61. The van der Waals surface area contributed by atoms with Crippen molar-refractivity contribution in [3.63, 3.8) is 0 Å². The maximum absolute atomic E-state index is 13.1. The summed E-state index contributed by atoms with van der Waals surface area (Å²) in [6, 6.07) is 27.1. The first-order chi connectivity index (χ1) is 15.1. The molecule has 154 valence electrons. The molecule has 4 rings (SSSR count). The third-order valence-corrected chi connectivity index (χ3v) is 5.44. The molecule has 5 heteroatoms. The molecule has 2 N–H and O–H groups in total. The molecule has 0 bridgehead atoms. The molecule has 1 aromatic heterocycles. The first-order valence-corrected chi connectivity index (χ1v) is 10.3. The Morgan fingerprint density at radius 2 is 1.42 bits per heavy atom. The van der Waals surface area contributed by atoms with E-state index in [1.807, 2.05) is 78.9 Å². The zero-order valence-corrected chi connectivity index (χ0v) is 17.4. The van der Waals surface area contributed by atoms with E-state index in [1.54, 1.807) is 24.5 Å². The Balaban J connectivity index is 1.62. The molecule has 0 spiro atoms. The highest BCUT2D eigenvalue weighted by atomic mass is 35.5. The number of carbonyl (C=O) groups is 1. The van der Waals surface area contributed by atoms with Gasteiger partial charge >= 0.3 is 0 Å². The number of aliphatic hydroxyl groups is 1. The Bertz CT molecular complexity index is 1150. The van der Waals surface area contributed by atoms with Crippen molar-refractivity contribution in [1.82, 2.24) is 10.3 Å². The van der Waals surface area contributed by atoms with E-state index in [4.69, 9.17) is 11.6 Å². The van der Waals surface area contributed by atoms with Crippen LogP contribution in [-0.2, 0) is 0 Å². The number of nitrogens with one attached hydrogen (secondary N) is 1. The van der Waals surface area contributed by atoms with Crippen LogP contribution < -0.4 is 5.32 Å². The summed E-state index contributed by atoms with van der Waals surface area (Å²) in [7, 11) is 0. The molecule has 0 radical (unpaired) electrons. The number of aliphatic hydroxyl groups excluding tert-OH is 1. The maximum Gasteiger partial charge on any atom is 0.253 e. The van der Waals surface area contributed by atoms with Gasteiger partial charge in [-0.2, -0.15) is 0 Å². The predicted molar refractivity (Wildman–Crippen MR) is 123 cm³/mol. The zero-order chi connectivity index (χ0) is 21.6. The van der Waals surface area contributed by atoms with Gasteiger partial charge in [0.2, 0.25) is 0 Å². The van der Waals surface area contributed by atoms with Gasteiger partial charge in [-0.3, -0.25) is 9.78 Å². The van der Waals surface area contributed by atoms with Gasteiger partial charge in [0, 0.05) is 12.4 Å². The van der Waals surface area contributed by atoms with Gasteiger partial charge in [0.05, 0.1) is 16.6 Å². The van der Waals surface area contributed by atoms with E-state index in [9.17, 15) is 9.90 Å². The van der Waals surface area contributed by atoms with Crippen LogP contribution in [0.4, 0.5) is 0 Å². The van der Waals surface area contributed by atoms with Crippen molar-refractivity contribution in [1.29, 1.82) is 0 Å². The molecule has 3 aromatic carbocycles. The number of aromatic nitrogens is 1. The van der Waals surface area contributed by atoms with Crippen molar-refractivity contribution >= 4 is 17.5 Å². The molecular formula is C26H21ClN2O2. The summed E-state index contributed by atoms with van der Waals surface area (Å²) in [5, 5.41) is 14.3. The molecule has 0 saturated carbocycles. The quantitative estimate of drug-likeness (QED) is 0.419. The summed E-state index contributed by atoms with van der Waals surface area (Å²) < 4.78 is 0. The van der Waals surface area contributed by atoms with E-state index in [0.717, 1.165) is 22.3 Å². The summed E-state index contributed by atoms with van der Waals surface area (Å²) in [6.07, 6.45) is 2.50. The number of benzene rings is 3. The molecule has 0 saturated heterocycles. The Morgan fingerprint density at radius 3 is 2.03 bits per heavy atom. The molecule has 4 aromatic rings. The second kappa shape index (κ2) is 9.56. The summed E-state index contributed by atoms with van der Waals surface area (Å²) in [6.45, 7) is 0. The van der Waals surface area contributed by atoms with Crippen molar-refractivity contribution in [2.75, 3.05) is 0 Å². The van der Waals surface area contributed by atoms with Crippen LogP contribution in [-0.4, -0.2) is 16.0 Å². The minimum Gasteiger partial charge on any atom is -0.386 e. The lowest BCUT2D eigenvalue weighted by Gasteiger charge is -2.25. The number of hydrogen-bond acceptors (Lipinski definition) is 3. The normalized spacial score (nSPS) is 12.7. The Labute approximate surface area is 186 Å². The number of carbonyl (C=O) groups excluding carboxylic acids is 1. The summed E-state index contributed by atoms with van der Waals surface area (Å²) in [4.78, 5) is 17.1. The molecule has 31 heavy (non-hydrogen) atoms. The van der Waals surface area contributed by atoms with Crippen molar-refractivity contribution < 1.29 is 9.90 Å². The largest absolute Gasteiger partial charge is 0.386 e. The minimum atomic E-state index is -0.914. The number of amides is 1. The van der Waals surface area contributed by atoms with Gasteiger partial charge in [-0.15, -0.1) is 0 Å². The summed E-state index contributed by atoms with van der Waals surface area (Å²) in [5.74, 6) is -0.352. The third kappa shape index (κ3) is 4.82. The van der Waals surface area contributed by atoms with Crippen LogP contribution in [0.15, 0.2) is 103 Å². The average molecular weight is 429 g/mol. The van der Waals surface area contributed by atoms with Gasteiger partial charge in [-0.25, -0.2) is 0 Å². The molecule has 0 aliphatic heterocycles. The fourth-order valence-corrected chi connectivity index (χ4v) is 3.76. The lowest BCUT2D eigenvalue weighted by Crippen LogP contribution is -2.32. The Morgan fingerprint density at radius 1 is 0.806 bits per heavy atom. The number of nitrogens with zero attached hydrogens (tertiary/aromatic N) is 1. The summed E-state index contributed by atoms with van der Waals surface area (Å²) in [5.41, 5.74) is 3.73. The van der Waals surface area contributed by atoms with Crippen LogP contribution in [0.5, 0.6) is 0 Å². The van der Waals surface area contributed by atoms with Crippen LogP contribution in [0, 0.1) is 0 Å². The van der Waals surface area contributed by atoms with E-state index < -0.39 is 12.1 Å². The monoisotopic (exact) mass is 428 g/mol. The van der Waals surface area contributed by atoms with Gasteiger partial charge in [0.1, 0.15) is 6.10 Å². The molecule has 0 aliphatic rings. The van der Waals surface area contributed by atoms with E-state index in [0.29, 0.717) is 10.6 Å². The standard InChI is InChI=1S/C26H21ClN2O2/c27-23-17-21(18-13-15-28-16-14-18)11-12-22(23)26(31)29-24(19-7-3-1-4-8-19)25(30)20-9-5-2-6-10-20/h1-17,24-25,30H,(H,29,31). The van der Waals surface area contributed by atoms with Gasteiger partial charge in [0.25, 0.3) is 5.91 Å². The lowest BCUT2D eigenvalue weighted by molar-refractivity contribution is 0.0831. The van der Waals surface area contributed by atoms with Crippen LogP contribution in [0.2, 0.25) is 5.02 Å². The van der Waals surface area contributed by atoms with Crippen LogP contribution in [0.3, 0.4) is 0 Å². The molecule has 1 heterocycles. The van der Waals surface area contributed by atoms with E-state index in [-0.39, 0.29) is 5.91 Å². The highest BCUT2D eigenvalue weighted by Gasteiger charge is 2.25. The van der Waals surface area contributed by atoms with E-state index in [1.165, 1.54) is 0 Å². The first kappa shape index (κ1) is 20.8. The average Bonchev–Trinajstić information content (AvgIpc) is 2.83. The Hall–Kier alpha value is -3.47. The van der Waals surface area contributed by atoms with E-state index >= 15 is 0 Å². The van der Waals surface area contributed by atoms with E-state index in [2.05, 4.69) is 10.3 Å². The fourth-order valence-electron chi connectivity index (χ4n) is 3.49. The summed E-state index contributed by atoms with van der Waals surface area (Å²) >= 11 is 6.46. The van der Waals surface area contributed by atoms with Crippen LogP contribution in [0.25, 0.3) is 11.1 Å². The van der Waals surface area contributed by atoms with Crippen molar-refractivity contribution in [3.05, 3.63) is 125 Å². The molecule has 4 nitrogen and oxygen atoms in total. The van der Waals surface area contributed by atoms with Crippen molar-refractivity contribution in [3.8, 4) is 11.1 Å². The van der Waals surface area contributed by atoms with Crippen molar-refractivity contribution in [2.24, 2.45) is 0 Å². The number of halogens is 1.